The van der Waals surface area contributed by atoms with Crippen LogP contribution in [-0.2, 0) is 31.8 Å². The van der Waals surface area contributed by atoms with Gasteiger partial charge in [0.1, 0.15) is 11.4 Å². The van der Waals surface area contributed by atoms with Gasteiger partial charge in [0.2, 0.25) is 10.0 Å². The summed E-state index contributed by atoms with van der Waals surface area (Å²) in [6, 6.07) is 15.5. The largest absolute Gasteiger partial charge is 0.477 e. The van der Waals surface area contributed by atoms with Crippen molar-refractivity contribution in [3.63, 3.8) is 0 Å². The molecule has 2 aliphatic heterocycles. The van der Waals surface area contributed by atoms with Crippen LogP contribution in [0, 0.1) is 5.82 Å². The Morgan fingerprint density at radius 3 is 2.36 bits per heavy atom. The van der Waals surface area contributed by atoms with Crippen LogP contribution in [0.2, 0.25) is 0 Å². The van der Waals surface area contributed by atoms with Crippen LogP contribution in [0.1, 0.15) is 30.4 Å². The molecular formula is C23H28FN3O5S. The molecule has 33 heavy (non-hydrogen) atoms. The van der Waals surface area contributed by atoms with E-state index >= 15 is 0 Å². The van der Waals surface area contributed by atoms with E-state index in [9.17, 15) is 17.6 Å². The van der Waals surface area contributed by atoms with E-state index in [1.54, 1.807) is 18.2 Å². The Balaban J connectivity index is 0.000000257. The predicted octanol–water partition coefficient (Wildman–Crippen LogP) is 2.54. The highest BCUT2D eigenvalue weighted by molar-refractivity contribution is 7.88. The minimum absolute atomic E-state index is 0.00518. The molecule has 8 nitrogen and oxygen atoms in total. The highest BCUT2D eigenvalue weighted by atomic mass is 32.2. The number of hydrogen-bond acceptors (Lipinski definition) is 6. The van der Waals surface area contributed by atoms with E-state index in [-0.39, 0.29) is 23.7 Å². The molecule has 0 bridgehead atoms. The van der Waals surface area contributed by atoms with E-state index in [1.807, 2.05) is 24.3 Å². The molecule has 2 aromatic rings. The quantitative estimate of drug-likeness (QED) is 0.659. The molecule has 0 saturated carbocycles. The van der Waals surface area contributed by atoms with Crippen LogP contribution in [0.5, 0.6) is 0 Å². The molecule has 0 aliphatic carbocycles. The van der Waals surface area contributed by atoms with E-state index in [4.69, 9.17) is 15.7 Å². The molecule has 4 rings (SSSR count). The lowest BCUT2D eigenvalue weighted by atomic mass is 9.88. The van der Waals surface area contributed by atoms with Gasteiger partial charge in [-0.2, -0.15) is 0 Å². The molecule has 0 amide bonds. The van der Waals surface area contributed by atoms with Crippen molar-refractivity contribution in [2.45, 2.75) is 37.0 Å². The van der Waals surface area contributed by atoms with Crippen molar-refractivity contribution in [2.24, 2.45) is 10.9 Å². The first kappa shape index (κ1) is 24.8. The number of rotatable bonds is 6. The van der Waals surface area contributed by atoms with Gasteiger partial charge in [-0.05, 0) is 36.2 Å². The molecule has 3 N–H and O–H groups in total. The first-order valence-corrected chi connectivity index (χ1v) is 12.3. The number of nitrogens with two attached hydrogens (primary N) is 1. The number of benzene rings is 2. The number of halogens is 1. The van der Waals surface area contributed by atoms with Crippen molar-refractivity contribution in [3.05, 3.63) is 71.5 Å². The molecule has 1 fully saturated rings. The third kappa shape index (κ3) is 6.83. The normalized spacial score (nSPS) is 17.6. The summed E-state index contributed by atoms with van der Waals surface area (Å²) in [5.74, 6) is -1.30. The summed E-state index contributed by atoms with van der Waals surface area (Å²) >= 11 is 0. The maximum atomic E-state index is 12.5. The summed E-state index contributed by atoms with van der Waals surface area (Å²) in [4.78, 5) is 16.3. The lowest BCUT2D eigenvalue weighted by Crippen LogP contribution is -2.47. The van der Waals surface area contributed by atoms with Crippen molar-refractivity contribution < 1.29 is 27.5 Å². The number of aliphatic carboxylic acids is 1. The number of nitrogens with zero attached hydrogens (tertiary/aromatic N) is 2. The van der Waals surface area contributed by atoms with Crippen LogP contribution < -0.4 is 5.73 Å². The van der Waals surface area contributed by atoms with Crippen LogP contribution >= 0.6 is 0 Å². The van der Waals surface area contributed by atoms with E-state index in [0.29, 0.717) is 32.5 Å². The second-order valence-corrected chi connectivity index (χ2v) is 10.1. The van der Waals surface area contributed by atoms with Gasteiger partial charge in [0, 0.05) is 32.4 Å². The Morgan fingerprint density at radius 2 is 1.79 bits per heavy atom. The van der Waals surface area contributed by atoms with E-state index < -0.39 is 21.6 Å². The highest BCUT2D eigenvalue weighted by Crippen LogP contribution is 2.35. The molecule has 178 valence electrons. The Morgan fingerprint density at radius 1 is 1.12 bits per heavy atom. The zero-order valence-corrected chi connectivity index (χ0v) is 19.0. The number of carboxylic acids is 1. The minimum atomic E-state index is -3.39. The molecule has 2 heterocycles. The van der Waals surface area contributed by atoms with E-state index in [1.165, 1.54) is 16.4 Å². The second-order valence-electron chi connectivity index (χ2n) is 8.10. The highest BCUT2D eigenvalue weighted by Gasteiger charge is 2.45. The summed E-state index contributed by atoms with van der Waals surface area (Å²) in [5.41, 5.74) is 6.35. The summed E-state index contributed by atoms with van der Waals surface area (Å²) in [7, 11) is -3.39. The number of hydrogen-bond donors (Lipinski definition) is 2. The fourth-order valence-corrected chi connectivity index (χ4v) is 5.35. The first-order chi connectivity index (χ1) is 15.7. The summed E-state index contributed by atoms with van der Waals surface area (Å²) in [6.07, 6.45) is 1.87. The van der Waals surface area contributed by atoms with Crippen LogP contribution in [0.4, 0.5) is 4.39 Å². The van der Waals surface area contributed by atoms with Crippen molar-refractivity contribution in [1.82, 2.24) is 4.31 Å². The first-order valence-electron chi connectivity index (χ1n) is 10.7. The molecule has 10 heteroatoms. The lowest BCUT2D eigenvalue weighted by molar-refractivity contribution is -0.129. The Bertz CT molecular complexity index is 1080. The predicted molar refractivity (Wildman–Crippen MR) is 123 cm³/mol. The van der Waals surface area contributed by atoms with Gasteiger partial charge in [0.05, 0.1) is 5.75 Å². The van der Waals surface area contributed by atoms with Gasteiger partial charge in [0.15, 0.2) is 5.71 Å². The number of sulfonamides is 1. The van der Waals surface area contributed by atoms with Gasteiger partial charge in [0.25, 0.3) is 0 Å². The Kier molecular flexibility index (Phi) is 8.17. The van der Waals surface area contributed by atoms with E-state index in [0.717, 1.165) is 17.5 Å². The van der Waals surface area contributed by atoms with Gasteiger partial charge < -0.3 is 15.7 Å². The minimum Gasteiger partial charge on any atom is -0.477 e. The molecule has 0 unspecified atom stereocenters. The zero-order valence-electron chi connectivity index (χ0n) is 18.2. The van der Waals surface area contributed by atoms with Crippen LogP contribution in [0.3, 0.4) is 0 Å². The van der Waals surface area contributed by atoms with Gasteiger partial charge >= 0.3 is 5.97 Å². The number of piperidine rings is 1. The van der Waals surface area contributed by atoms with Crippen molar-refractivity contribution in [2.75, 3.05) is 19.6 Å². The fraction of sp³-hybridized carbons (Fsp3) is 0.391. The maximum absolute atomic E-state index is 12.5. The molecule has 0 atom stereocenters. The number of oxime groups is 1. The number of carboxylic acid groups (broad SMARTS) is 1. The van der Waals surface area contributed by atoms with Gasteiger partial charge in [-0.25, -0.2) is 21.9 Å². The number of carbonyl (C=O) groups is 1. The molecular weight excluding hydrogens is 449 g/mol. The summed E-state index contributed by atoms with van der Waals surface area (Å²) in [6.45, 7) is 1.21. The molecule has 0 radical (unpaired) electrons. The molecule has 2 aromatic carbocycles. The maximum Gasteiger partial charge on any atom is 0.353 e. The molecule has 0 aromatic heterocycles. The topological polar surface area (TPSA) is 122 Å². The lowest BCUT2D eigenvalue weighted by Gasteiger charge is -2.36. The van der Waals surface area contributed by atoms with Crippen LogP contribution in [0.25, 0.3) is 0 Å². The third-order valence-electron chi connectivity index (χ3n) is 5.63. The van der Waals surface area contributed by atoms with Gasteiger partial charge in [-0.1, -0.05) is 47.6 Å². The van der Waals surface area contributed by atoms with Gasteiger partial charge in [-0.15, -0.1) is 0 Å². The average Bonchev–Trinajstić information content (AvgIpc) is 3.19. The van der Waals surface area contributed by atoms with Crippen LogP contribution in [-0.4, -0.2) is 54.7 Å². The SMILES string of the molecule is NCCc1cccc(F)c1.O=C(O)C1=NOC2(CCN(S(=O)(=O)Cc3ccccc3)CC2)C1. The van der Waals surface area contributed by atoms with Crippen molar-refractivity contribution >= 4 is 21.7 Å². The van der Waals surface area contributed by atoms with Gasteiger partial charge in [-0.3, -0.25) is 0 Å². The standard InChI is InChI=1S/C15H18N2O5S.C8H10FN/c18-14(19)13-10-15(22-16-13)6-8-17(9-7-15)23(20,21)11-12-4-2-1-3-5-12;9-8-3-1-2-7(6-8)4-5-10/h1-5H,6-11H2,(H,18,19);1-3,6H,4-5,10H2. The fourth-order valence-electron chi connectivity index (χ4n) is 3.81. The van der Waals surface area contributed by atoms with Crippen molar-refractivity contribution in [3.8, 4) is 0 Å². The van der Waals surface area contributed by atoms with Crippen molar-refractivity contribution in [1.29, 1.82) is 0 Å². The molecule has 1 spiro atoms. The van der Waals surface area contributed by atoms with E-state index in [2.05, 4.69) is 5.16 Å². The molecule has 2 aliphatic rings. The summed E-state index contributed by atoms with van der Waals surface area (Å²) < 4.78 is 38.9. The average molecular weight is 478 g/mol. The second kappa shape index (κ2) is 10.9. The Labute approximate surface area is 192 Å². The third-order valence-corrected chi connectivity index (χ3v) is 7.48. The van der Waals surface area contributed by atoms with Crippen LogP contribution in [0.15, 0.2) is 59.8 Å². The monoisotopic (exact) mass is 477 g/mol. The summed E-state index contributed by atoms with van der Waals surface area (Å²) in [5, 5.41) is 12.6. The molecule has 1 saturated heterocycles. The Hall–Kier alpha value is -2.82. The smallest absolute Gasteiger partial charge is 0.353 e. The zero-order chi connectivity index (χ0) is 23.9.